The number of ether oxygens (including phenoxy) is 1. The predicted molar refractivity (Wildman–Crippen MR) is 76.1 cm³/mol. The Kier molecular flexibility index (Phi) is 2.68. The van der Waals surface area contributed by atoms with Gasteiger partial charge in [0.2, 0.25) is 0 Å². The molecule has 5 rings (SSSR count). The van der Waals surface area contributed by atoms with E-state index in [2.05, 4.69) is 0 Å². The molecule has 4 bridgehead atoms. The number of esters is 1. The first-order chi connectivity index (χ1) is 9.65. The fraction of sp³-hybridized carbons (Fsp3) is 0.588. The molecule has 3 heteroatoms. The number of carbonyl (C=O) groups excluding carboxylic acids is 1. The zero-order valence-corrected chi connectivity index (χ0v) is 11.6. The van der Waals surface area contributed by atoms with Crippen molar-refractivity contribution in [3.63, 3.8) is 0 Å². The second-order valence-corrected chi connectivity index (χ2v) is 6.99. The summed E-state index contributed by atoms with van der Waals surface area (Å²) in [7, 11) is 0. The summed E-state index contributed by atoms with van der Waals surface area (Å²) in [5, 5.41) is 0. The molecule has 0 heterocycles. The molecule has 4 fully saturated rings. The minimum atomic E-state index is -0.223. The molecule has 2 N–H and O–H groups in total. The number of hydrogen-bond donors (Lipinski definition) is 1. The molecular formula is C17H21NO2. The molecule has 0 spiro atoms. The van der Waals surface area contributed by atoms with Crippen LogP contribution < -0.4 is 5.73 Å². The van der Waals surface area contributed by atoms with E-state index in [1.165, 1.54) is 12.8 Å². The van der Waals surface area contributed by atoms with E-state index < -0.39 is 0 Å². The van der Waals surface area contributed by atoms with E-state index in [0.29, 0.717) is 23.4 Å². The van der Waals surface area contributed by atoms with Gasteiger partial charge in [-0.15, -0.1) is 0 Å². The van der Waals surface area contributed by atoms with Crippen molar-refractivity contribution in [2.24, 2.45) is 23.5 Å². The fourth-order valence-electron chi connectivity index (χ4n) is 4.94. The third-order valence-corrected chi connectivity index (χ3v) is 5.61. The van der Waals surface area contributed by atoms with Gasteiger partial charge in [-0.25, -0.2) is 4.79 Å². The number of rotatable bonds is 2. The number of nitrogens with two attached hydrogens (primary N) is 1. The van der Waals surface area contributed by atoms with Gasteiger partial charge in [-0.3, -0.25) is 0 Å². The van der Waals surface area contributed by atoms with Gasteiger partial charge in [0.05, 0.1) is 5.56 Å². The van der Waals surface area contributed by atoms with Crippen LogP contribution in [-0.2, 0) is 4.74 Å². The summed E-state index contributed by atoms with van der Waals surface area (Å²) in [5.41, 5.74) is 6.76. The molecule has 1 aromatic rings. The van der Waals surface area contributed by atoms with Crippen molar-refractivity contribution in [1.82, 2.24) is 0 Å². The average molecular weight is 271 g/mol. The molecule has 1 aromatic carbocycles. The molecule has 0 aliphatic heterocycles. The third kappa shape index (κ3) is 1.87. The zero-order chi connectivity index (χ0) is 13.7. The highest BCUT2D eigenvalue weighted by Gasteiger charge is 2.56. The maximum absolute atomic E-state index is 12.4. The average Bonchev–Trinajstić information content (AvgIpc) is 2.44. The molecule has 0 radical (unpaired) electrons. The summed E-state index contributed by atoms with van der Waals surface area (Å²) in [6, 6.07) is 9.66. The quantitative estimate of drug-likeness (QED) is 0.841. The Balaban J connectivity index is 1.56. The lowest BCUT2D eigenvalue weighted by atomic mass is 9.52. The minimum Gasteiger partial charge on any atom is -0.455 e. The van der Waals surface area contributed by atoms with Crippen molar-refractivity contribution in [2.45, 2.75) is 43.7 Å². The van der Waals surface area contributed by atoms with Crippen molar-refractivity contribution in [3.8, 4) is 0 Å². The lowest BCUT2D eigenvalue weighted by molar-refractivity contribution is -0.139. The second-order valence-electron chi connectivity index (χ2n) is 6.99. The number of hydrogen-bond acceptors (Lipinski definition) is 3. The van der Waals surface area contributed by atoms with Crippen LogP contribution >= 0.6 is 0 Å². The van der Waals surface area contributed by atoms with Crippen molar-refractivity contribution < 1.29 is 9.53 Å². The van der Waals surface area contributed by atoms with Crippen LogP contribution in [0.3, 0.4) is 0 Å². The van der Waals surface area contributed by atoms with Crippen LogP contribution in [0.4, 0.5) is 0 Å². The first-order valence-corrected chi connectivity index (χ1v) is 7.69. The van der Waals surface area contributed by atoms with E-state index in [1.54, 1.807) is 0 Å². The predicted octanol–water partition coefficient (Wildman–Crippen LogP) is 2.75. The van der Waals surface area contributed by atoms with Gasteiger partial charge in [-0.05, 0) is 62.0 Å². The van der Waals surface area contributed by atoms with Crippen LogP contribution in [0.15, 0.2) is 30.3 Å². The largest absolute Gasteiger partial charge is 0.455 e. The van der Waals surface area contributed by atoms with E-state index >= 15 is 0 Å². The molecule has 4 aliphatic rings. The zero-order valence-electron chi connectivity index (χ0n) is 11.6. The van der Waals surface area contributed by atoms with Gasteiger partial charge in [0.15, 0.2) is 0 Å². The van der Waals surface area contributed by atoms with Gasteiger partial charge in [-0.2, -0.15) is 0 Å². The Labute approximate surface area is 119 Å². The van der Waals surface area contributed by atoms with E-state index in [0.717, 1.165) is 25.2 Å². The highest BCUT2D eigenvalue weighted by molar-refractivity contribution is 5.89. The SMILES string of the molecule is NC1C2CC3CC1CC(OC(=O)c1ccccc1)(C3)C2. The summed E-state index contributed by atoms with van der Waals surface area (Å²) in [6.45, 7) is 0. The van der Waals surface area contributed by atoms with Crippen LogP contribution in [0.5, 0.6) is 0 Å². The Morgan fingerprint density at radius 3 is 2.40 bits per heavy atom. The molecule has 0 saturated heterocycles. The molecule has 106 valence electrons. The third-order valence-electron chi connectivity index (χ3n) is 5.61. The first kappa shape index (κ1) is 12.4. The fourth-order valence-corrected chi connectivity index (χ4v) is 4.94. The summed E-state index contributed by atoms with van der Waals surface area (Å²) >= 11 is 0. The van der Waals surface area contributed by atoms with Gasteiger partial charge < -0.3 is 10.5 Å². The van der Waals surface area contributed by atoms with Gasteiger partial charge >= 0.3 is 5.97 Å². The summed E-state index contributed by atoms with van der Waals surface area (Å²) < 4.78 is 5.99. The van der Waals surface area contributed by atoms with Crippen LogP contribution in [0.25, 0.3) is 0 Å². The van der Waals surface area contributed by atoms with E-state index in [-0.39, 0.29) is 11.6 Å². The monoisotopic (exact) mass is 271 g/mol. The maximum Gasteiger partial charge on any atom is 0.338 e. The summed E-state index contributed by atoms with van der Waals surface area (Å²) in [6.07, 6.45) is 5.47. The van der Waals surface area contributed by atoms with Crippen molar-refractivity contribution in [1.29, 1.82) is 0 Å². The lowest BCUT2D eigenvalue weighted by Gasteiger charge is -2.58. The van der Waals surface area contributed by atoms with Crippen LogP contribution in [0.1, 0.15) is 42.5 Å². The van der Waals surface area contributed by atoms with Crippen molar-refractivity contribution in [3.05, 3.63) is 35.9 Å². The topological polar surface area (TPSA) is 52.3 Å². The molecule has 4 aliphatic carbocycles. The smallest absolute Gasteiger partial charge is 0.338 e. The molecule has 0 amide bonds. The molecular weight excluding hydrogens is 250 g/mol. The Morgan fingerprint density at radius 1 is 1.10 bits per heavy atom. The molecule has 4 saturated carbocycles. The molecule has 3 nitrogen and oxygen atoms in total. The van der Waals surface area contributed by atoms with Gasteiger partial charge in [-0.1, -0.05) is 18.2 Å². The molecule has 0 aromatic heterocycles. The van der Waals surface area contributed by atoms with Crippen molar-refractivity contribution >= 4 is 5.97 Å². The molecule has 2 unspecified atom stereocenters. The Bertz CT molecular complexity index is 511. The molecule has 2 atom stereocenters. The van der Waals surface area contributed by atoms with Crippen LogP contribution in [0, 0.1) is 17.8 Å². The van der Waals surface area contributed by atoms with E-state index in [1.807, 2.05) is 30.3 Å². The standard InChI is InChI=1S/C17H21NO2/c18-15-13-6-11-7-14(15)10-17(8-11,9-13)20-16(19)12-4-2-1-3-5-12/h1-5,11,13-15H,6-10,18H2. The second kappa shape index (κ2) is 4.32. The Hall–Kier alpha value is -1.35. The number of benzene rings is 1. The molecule has 20 heavy (non-hydrogen) atoms. The van der Waals surface area contributed by atoms with Crippen molar-refractivity contribution in [2.75, 3.05) is 0 Å². The van der Waals surface area contributed by atoms with Crippen LogP contribution in [0.2, 0.25) is 0 Å². The lowest BCUT2D eigenvalue weighted by Crippen LogP contribution is -2.60. The highest BCUT2D eigenvalue weighted by Crippen LogP contribution is 2.56. The van der Waals surface area contributed by atoms with E-state index in [4.69, 9.17) is 10.5 Å². The van der Waals surface area contributed by atoms with E-state index in [9.17, 15) is 4.79 Å². The number of carbonyl (C=O) groups is 1. The Morgan fingerprint density at radius 2 is 1.75 bits per heavy atom. The van der Waals surface area contributed by atoms with Gasteiger partial charge in [0.1, 0.15) is 5.60 Å². The van der Waals surface area contributed by atoms with Gasteiger partial charge in [0.25, 0.3) is 0 Å². The maximum atomic E-state index is 12.4. The highest BCUT2D eigenvalue weighted by atomic mass is 16.6. The normalized spacial score (nSPS) is 41.6. The minimum absolute atomic E-state index is 0.166. The van der Waals surface area contributed by atoms with Gasteiger partial charge in [0, 0.05) is 6.04 Å². The van der Waals surface area contributed by atoms with Crippen LogP contribution in [-0.4, -0.2) is 17.6 Å². The summed E-state index contributed by atoms with van der Waals surface area (Å²) in [4.78, 5) is 12.4. The summed E-state index contributed by atoms with van der Waals surface area (Å²) in [5.74, 6) is 1.67. The first-order valence-electron chi connectivity index (χ1n) is 7.69.